The molecule has 1 unspecified atom stereocenters. The summed E-state index contributed by atoms with van der Waals surface area (Å²) in [5.74, 6) is -1.04. The highest BCUT2D eigenvalue weighted by Gasteiger charge is 2.21. The minimum Gasteiger partial charge on any atom is -0.481 e. The molecule has 0 aromatic rings. The molecule has 19 heavy (non-hydrogen) atoms. The highest BCUT2D eigenvalue weighted by Crippen LogP contribution is 2.11. The normalized spacial score (nSPS) is 12.3. The predicted octanol–water partition coefficient (Wildman–Crippen LogP) is 2.56. The van der Waals surface area contributed by atoms with Gasteiger partial charge in [-0.25, -0.2) is 4.79 Å². The Morgan fingerprint density at radius 2 is 1.68 bits per heavy atom. The lowest BCUT2D eigenvalue weighted by molar-refractivity contribution is -0.142. The molecule has 0 aliphatic rings. The second-order valence-corrected chi connectivity index (χ2v) is 5.34. The number of carboxylic acids is 1. The van der Waals surface area contributed by atoms with Crippen molar-refractivity contribution in [1.29, 1.82) is 0 Å². The molecule has 0 saturated heterocycles. The molecule has 0 saturated carbocycles. The van der Waals surface area contributed by atoms with E-state index in [0.29, 0.717) is 25.4 Å². The number of hydrogen-bond acceptors (Lipinski definition) is 2. The third kappa shape index (κ3) is 7.70. The van der Waals surface area contributed by atoms with Crippen LogP contribution in [0.25, 0.3) is 0 Å². The first-order valence-corrected chi connectivity index (χ1v) is 7.17. The van der Waals surface area contributed by atoms with Gasteiger partial charge in [-0.05, 0) is 25.2 Å². The van der Waals surface area contributed by atoms with Crippen LogP contribution < -0.4 is 5.32 Å². The van der Waals surface area contributed by atoms with E-state index in [1.54, 1.807) is 4.90 Å². The Morgan fingerprint density at radius 1 is 1.16 bits per heavy atom. The van der Waals surface area contributed by atoms with Gasteiger partial charge in [0.25, 0.3) is 0 Å². The molecule has 0 aromatic heterocycles. The van der Waals surface area contributed by atoms with Gasteiger partial charge in [-0.1, -0.05) is 27.7 Å². The van der Waals surface area contributed by atoms with E-state index in [1.807, 2.05) is 27.7 Å². The first-order chi connectivity index (χ1) is 8.92. The molecule has 1 atom stereocenters. The van der Waals surface area contributed by atoms with Crippen LogP contribution in [-0.2, 0) is 4.79 Å². The van der Waals surface area contributed by atoms with Crippen LogP contribution in [0, 0.1) is 11.8 Å². The number of rotatable bonds is 9. The van der Waals surface area contributed by atoms with Crippen molar-refractivity contribution < 1.29 is 14.7 Å². The average Bonchev–Trinajstić information content (AvgIpc) is 2.33. The molecule has 0 heterocycles. The zero-order valence-electron chi connectivity index (χ0n) is 12.6. The number of carbonyl (C=O) groups is 2. The van der Waals surface area contributed by atoms with E-state index in [9.17, 15) is 9.59 Å². The lowest BCUT2D eigenvalue weighted by atomic mass is 9.97. The van der Waals surface area contributed by atoms with Gasteiger partial charge in [0.05, 0.1) is 5.92 Å². The molecule has 112 valence electrons. The number of amides is 2. The number of urea groups is 1. The van der Waals surface area contributed by atoms with Gasteiger partial charge < -0.3 is 15.3 Å². The van der Waals surface area contributed by atoms with Crippen molar-refractivity contribution in [1.82, 2.24) is 10.2 Å². The SMILES string of the molecule is CCCN(CCC)C(=O)NCC(CC(C)C)C(=O)O. The first-order valence-electron chi connectivity index (χ1n) is 7.17. The van der Waals surface area contributed by atoms with Crippen LogP contribution in [0.3, 0.4) is 0 Å². The Kier molecular flexibility index (Phi) is 9.00. The van der Waals surface area contributed by atoms with E-state index in [-0.39, 0.29) is 12.6 Å². The van der Waals surface area contributed by atoms with Crippen LogP contribution in [-0.4, -0.2) is 41.6 Å². The van der Waals surface area contributed by atoms with Crippen LogP contribution in [0.4, 0.5) is 4.79 Å². The first kappa shape index (κ1) is 17.7. The third-order valence-corrected chi connectivity index (χ3v) is 2.88. The smallest absolute Gasteiger partial charge is 0.317 e. The molecule has 2 N–H and O–H groups in total. The largest absolute Gasteiger partial charge is 0.481 e. The summed E-state index contributed by atoms with van der Waals surface area (Å²) in [6.45, 7) is 9.64. The van der Waals surface area contributed by atoms with Crippen LogP contribution in [0.15, 0.2) is 0 Å². The number of carboxylic acid groups (broad SMARTS) is 1. The summed E-state index contributed by atoms with van der Waals surface area (Å²) in [6, 6.07) is -0.154. The fraction of sp³-hybridized carbons (Fsp3) is 0.857. The van der Waals surface area contributed by atoms with E-state index in [0.717, 1.165) is 12.8 Å². The number of nitrogens with one attached hydrogen (secondary N) is 1. The standard InChI is InChI=1S/C14H28N2O3/c1-5-7-16(8-6-2)14(19)15-10-12(13(17)18)9-11(3)4/h11-12H,5-10H2,1-4H3,(H,15,19)(H,17,18). The molecule has 0 aromatic carbocycles. The lowest BCUT2D eigenvalue weighted by Crippen LogP contribution is -2.43. The summed E-state index contributed by atoms with van der Waals surface area (Å²) < 4.78 is 0. The van der Waals surface area contributed by atoms with Crippen LogP contribution in [0.5, 0.6) is 0 Å². The maximum Gasteiger partial charge on any atom is 0.317 e. The average molecular weight is 272 g/mol. The Morgan fingerprint density at radius 3 is 2.05 bits per heavy atom. The Labute approximate surface area is 116 Å². The van der Waals surface area contributed by atoms with Crippen molar-refractivity contribution in [3.8, 4) is 0 Å². The molecular weight excluding hydrogens is 244 g/mol. The van der Waals surface area contributed by atoms with Crippen molar-refractivity contribution in [2.45, 2.75) is 47.0 Å². The molecule has 0 bridgehead atoms. The van der Waals surface area contributed by atoms with Crippen molar-refractivity contribution in [3.05, 3.63) is 0 Å². The highest BCUT2D eigenvalue weighted by molar-refractivity contribution is 5.76. The summed E-state index contributed by atoms with van der Waals surface area (Å²) in [5, 5.41) is 11.9. The minimum atomic E-state index is -0.841. The maximum absolute atomic E-state index is 12.0. The number of nitrogens with zero attached hydrogens (tertiary/aromatic N) is 1. The summed E-state index contributed by atoms with van der Waals surface area (Å²) in [5.41, 5.74) is 0. The summed E-state index contributed by atoms with van der Waals surface area (Å²) in [4.78, 5) is 24.8. The Balaban J connectivity index is 4.32. The molecule has 5 heteroatoms. The topological polar surface area (TPSA) is 69.6 Å². The van der Waals surface area contributed by atoms with Crippen LogP contribution >= 0.6 is 0 Å². The molecule has 0 radical (unpaired) electrons. The minimum absolute atomic E-state index is 0.154. The molecule has 5 nitrogen and oxygen atoms in total. The summed E-state index contributed by atoms with van der Waals surface area (Å²) >= 11 is 0. The van der Waals surface area contributed by atoms with Crippen molar-refractivity contribution in [2.24, 2.45) is 11.8 Å². The van der Waals surface area contributed by atoms with Gasteiger partial charge in [-0.3, -0.25) is 4.79 Å². The van der Waals surface area contributed by atoms with Gasteiger partial charge in [0.15, 0.2) is 0 Å². The molecule has 0 aliphatic carbocycles. The summed E-state index contributed by atoms with van der Waals surface area (Å²) in [6.07, 6.45) is 2.39. The van der Waals surface area contributed by atoms with E-state index < -0.39 is 11.9 Å². The molecule has 0 spiro atoms. The molecule has 2 amide bonds. The lowest BCUT2D eigenvalue weighted by Gasteiger charge is -2.23. The molecule has 0 fully saturated rings. The van der Waals surface area contributed by atoms with E-state index in [2.05, 4.69) is 5.32 Å². The third-order valence-electron chi connectivity index (χ3n) is 2.88. The fourth-order valence-corrected chi connectivity index (χ4v) is 2.02. The molecular formula is C14H28N2O3. The quantitative estimate of drug-likeness (QED) is 0.677. The Hall–Kier alpha value is -1.26. The maximum atomic E-state index is 12.0. The number of carbonyl (C=O) groups excluding carboxylic acids is 1. The highest BCUT2D eigenvalue weighted by atomic mass is 16.4. The Bertz CT molecular complexity index is 274. The molecule has 0 rings (SSSR count). The monoisotopic (exact) mass is 272 g/mol. The van der Waals surface area contributed by atoms with Gasteiger partial charge in [-0.15, -0.1) is 0 Å². The number of hydrogen-bond donors (Lipinski definition) is 2. The van der Waals surface area contributed by atoms with Gasteiger partial charge in [-0.2, -0.15) is 0 Å². The van der Waals surface area contributed by atoms with Crippen LogP contribution in [0.1, 0.15) is 47.0 Å². The van der Waals surface area contributed by atoms with Gasteiger partial charge in [0, 0.05) is 19.6 Å². The van der Waals surface area contributed by atoms with E-state index in [1.165, 1.54) is 0 Å². The zero-order chi connectivity index (χ0) is 14.8. The zero-order valence-corrected chi connectivity index (χ0v) is 12.6. The number of aliphatic carboxylic acids is 1. The fourth-order valence-electron chi connectivity index (χ4n) is 2.02. The van der Waals surface area contributed by atoms with E-state index >= 15 is 0 Å². The van der Waals surface area contributed by atoms with Crippen molar-refractivity contribution >= 4 is 12.0 Å². The van der Waals surface area contributed by atoms with Crippen LogP contribution in [0.2, 0.25) is 0 Å². The molecule has 0 aliphatic heterocycles. The van der Waals surface area contributed by atoms with Gasteiger partial charge >= 0.3 is 12.0 Å². The second kappa shape index (κ2) is 9.64. The van der Waals surface area contributed by atoms with Crippen molar-refractivity contribution in [2.75, 3.05) is 19.6 Å². The van der Waals surface area contributed by atoms with Gasteiger partial charge in [0.1, 0.15) is 0 Å². The second-order valence-electron chi connectivity index (χ2n) is 5.34. The predicted molar refractivity (Wildman–Crippen MR) is 76.1 cm³/mol. The van der Waals surface area contributed by atoms with E-state index in [4.69, 9.17) is 5.11 Å². The van der Waals surface area contributed by atoms with Crippen molar-refractivity contribution in [3.63, 3.8) is 0 Å². The summed E-state index contributed by atoms with van der Waals surface area (Å²) in [7, 11) is 0. The van der Waals surface area contributed by atoms with Gasteiger partial charge in [0.2, 0.25) is 0 Å².